The third kappa shape index (κ3) is 1.43. The summed E-state index contributed by atoms with van der Waals surface area (Å²) < 4.78 is 0.711. The highest BCUT2D eigenvalue weighted by Crippen LogP contribution is 2.51. The van der Waals surface area contributed by atoms with Gasteiger partial charge in [0.15, 0.2) is 0 Å². The van der Waals surface area contributed by atoms with Crippen LogP contribution in [-0.2, 0) is 0 Å². The Labute approximate surface area is 73.1 Å². The molecule has 0 aromatic carbocycles. The Morgan fingerprint density at radius 1 is 1.45 bits per heavy atom. The molecule has 2 N–H and O–H groups in total. The highest BCUT2D eigenvalue weighted by Gasteiger charge is 2.41. The van der Waals surface area contributed by atoms with E-state index in [1.54, 1.807) is 0 Å². The molecule has 0 bridgehead atoms. The van der Waals surface area contributed by atoms with Crippen molar-refractivity contribution in [3.63, 3.8) is 0 Å². The maximum atomic E-state index is 5.69. The van der Waals surface area contributed by atoms with E-state index in [2.05, 4.69) is 11.8 Å². The molecule has 0 amide bonds. The third-order valence-corrected chi connectivity index (χ3v) is 4.82. The lowest BCUT2D eigenvalue weighted by Crippen LogP contribution is -2.40. The number of hydrogen-bond donors (Lipinski definition) is 1. The lowest BCUT2D eigenvalue weighted by atomic mass is 9.77. The van der Waals surface area contributed by atoms with Crippen molar-refractivity contribution in [1.82, 2.24) is 0 Å². The maximum absolute atomic E-state index is 5.69. The zero-order valence-electron chi connectivity index (χ0n) is 7.01. The zero-order chi connectivity index (χ0) is 7.73. The van der Waals surface area contributed by atoms with Gasteiger partial charge < -0.3 is 5.73 Å². The number of rotatable bonds is 1. The third-order valence-electron chi connectivity index (χ3n) is 3.19. The van der Waals surface area contributed by atoms with Crippen LogP contribution in [0.15, 0.2) is 0 Å². The average molecular weight is 171 g/mol. The Kier molecular flexibility index (Phi) is 2.15. The molecule has 2 heteroatoms. The van der Waals surface area contributed by atoms with Crippen molar-refractivity contribution in [3.8, 4) is 0 Å². The smallest absolute Gasteiger partial charge is 0.0163 e. The van der Waals surface area contributed by atoms with Gasteiger partial charge in [0, 0.05) is 4.75 Å². The SMILES string of the molecule is NCC1CCSC2(CCC2)C1. The first kappa shape index (κ1) is 7.93. The van der Waals surface area contributed by atoms with Crippen LogP contribution in [0.2, 0.25) is 0 Å². The van der Waals surface area contributed by atoms with E-state index >= 15 is 0 Å². The Balaban J connectivity index is 1.92. The van der Waals surface area contributed by atoms with Gasteiger partial charge in [-0.15, -0.1) is 0 Å². The summed E-state index contributed by atoms with van der Waals surface area (Å²) in [6, 6.07) is 0. The molecule has 0 radical (unpaired) electrons. The zero-order valence-corrected chi connectivity index (χ0v) is 7.83. The molecule has 0 aromatic heterocycles. The summed E-state index contributed by atoms with van der Waals surface area (Å²) in [7, 11) is 0. The molecule has 1 saturated heterocycles. The molecule has 2 aliphatic rings. The molecule has 0 aromatic rings. The van der Waals surface area contributed by atoms with Gasteiger partial charge in [0.05, 0.1) is 0 Å². The molecule has 2 fully saturated rings. The lowest BCUT2D eigenvalue weighted by Gasteiger charge is -2.46. The summed E-state index contributed by atoms with van der Waals surface area (Å²) in [6.45, 7) is 0.919. The van der Waals surface area contributed by atoms with Crippen molar-refractivity contribution in [1.29, 1.82) is 0 Å². The van der Waals surface area contributed by atoms with Crippen molar-refractivity contribution >= 4 is 11.8 Å². The van der Waals surface area contributed by atoms with Crippen molar-refractivity contribution in [2.75, 3.05) is 12.3 Å². The van der Waals surface area contributed by atoms with Gasteiger partial charge in [-0.1, -0.05) is 6.42 Å². The molecule has 1 aliphatic carbocycles. The van der Waals surface area contributed by atoms with Crippen LogP contribution in [0.1, 0.15) is 32.1 Å². The summed E-state index contributed by atoms with van der Waals surface area (Å²) in [6.07, 6.45) is 7.17. The monoisotopic (exact) mass is 171 g/mol. The second kappa shape index (κ2) is 2.98. The Bertz CT molecular complexity index is 142. The van der Waals surface area contributed by atoms with Crippen LogP contribution in [0, 0.1) is 5.92 Å². The summed E-state index contributed by atoms with van der Waals surface area (Å²) >= 11 is 2.22. The van der Waals surface area contributed by atoms with Gasteiger partial charge in [-0.25, -0.2) is 0 Å². The Morgan fingerprint density at radius 3 is 2.82 bits per heavy atom. The van der Waals surface area contributed by atoms with E-state index in [0.717, 1.165) is 12.5 Å². The van der Waals surface area contributed by atoms with Crippen LogP contribution in [0.5, 0.6) is 0 Å². The van der Waals surface area contributed by atoms with Crippen LogP contribution in [-0.4, -0.2) is 17.0 Å². The molecular formula is C9H17NS. The van der Waals surface area contributed by atoms with Crippen LogP contribution in [0.3, 0.4) is 0 Å². The van der Waals surface area contributed by atoms with E-state index in [4.69, 9.17) is 5.73 Å². The first-order valence-electron chi connectivity index (χ1n) is 4.69. The quantitative estimate of drug-likeness (QED) is 0.653. The van der Waals surface area contributed by atoms with E-state index in [9.17, 15) is 0 Å². The standard InChI is InChI=1S/C9H17NS/c10-7-8-2-5-11-9(6-8)3-1-4-9/h8H,1-7,10H2. The predicted molar refractivity (Wildman–Crippen MR) is 50.8 cm³/mol. The van der Waals surface area contributed by atoms with E-state index in [-0.39, 0.29) is 0 Å². The molecule has 1 unspecified atom stereocenters. The minimum Gasteiger partial charge on any atom is -0.330 e. The second-order valence-electron chi connectivity index (χ2n) is 3.98. The normalized spacial score (nSPS) is 35.2. The Hall–Kier alpha value is 0.310. The van der Waals surface area contributed by atoms with E-state index < -0.39 is 0 Å². The van der Waals surface area contributed by atoms with Crippen LogP contribution >= 0.6 is 11.8 Å². The van der Waals surface area contributed by atoms with Gasteiger partial charge in [0.2, 0.25) is 0 Å². The van der Waals surface area contributed by atoms with Gasteiger partial charge >= 0.3 is 0 Å². The topological polar surface area (TPSA) is 26.0 Å². The van der Waals surface area contributed by atoms with Crippen molar-refractivity contribution in [2.24, 2.45) is 11.7 Å². The van der Waals surface area contributed by atoms with E-state index in [1.165, 1.54) is 37.9 Å². The van der Waals surface area contributed by atoms with Gasteiger partial charge in [-0.2, -0.15) is 11.8 Å². The summed E-state index contributed by atoms with van der Waals surface area (Å²) in [4.78, 5) is 0. The fraction of sp³-hybridized carbons (Fsp3) is 1.00. The molecule has 1 heterocycles. The molecule has 2 rings (SSSR count). The van der Waals surface area contributed by atoms with Gasteiger partial charge in [-0.05, 0) is 43.9 Å². The summed E-state index contributed by atoms with van der Waals surface area (Å²) in [5.74, 6) is 2.21. The largest absolute Gasteiger partial charge is 0.330 e. The molecule has 1 atom stereocenters. The number of hydrogen-bond acceptors (Lipinski definition) is 2. The van der Waals surface area contributed by atoms with Crippen molar-refractivity contribution < 1.29 is 0 Å². The molecule has 1 spiro atoms. The average Bonchev–Trinajstić information content (AvgIpc) is 2.02. The molecule has 1 nitrogen and oxygen atoms in total. The Morgan fingerprint density at radius 2 is 2.27 bits per heavy atom. The first-order valence-corrected chi connectivity index (χ1v) is 5.67. The van der Waals surface area contributed by atoms with Crippen molar-refractivity contribution in [3.05, 3.63) is 0 Å². The van der Waals surface area contributed by atoms with Crippen LogP contribution in [0.25, 0.3) is 0 Å². The minimum atomic E-state index is 0.711. The predicted octanol–water partition coefficient (Wildman–Crippen LogP) is 2.01. The van der Waals surface area contributed by atoms with Gasteiger partial charge in [0.1, 0.15) is 0 Å². The molecule has 1 aliphatic heterocycles. The minimum absolute atomic E-state index is 0.711. The molecular weight excluding hydrogens is 154 g/mol. The lowest BCUT2D eigenvalue weighted by molar-refractivity contribution is 0.276. The molecule has 1 saturated carbocycles. The fourth-order valence-corrected chi connectivity index (χ4v) is 4.07. The summed E-state index contributed by atoms with van der Waals surface area (Å²) in [5.41, 5.74) is 5.69. The van der Waals surface area contributed by atoms with E-state index in [0.29, 0.717) is 4.75 Å². The van der Waals surface area contributed by atoms with Gasteiger partial charge in [0.25, 0.3) is 0 Å². The highest BCUT2D eigenvalue weighted by atomic mass is 32.2. The first-order chi connectivity index (χ1) is 5.35. The number of nitrogens with two attached hydrogens (primary N) is 1. The molecule has 64 valence electrons. The van der Waals surface area contributed by atoms with Crippen molar-refractivity contribution in [2.45, 2.75) is 36.9 Å². The number of thioether (sulfide) groups is 1. The van der Waals surface area contributed by atoms with Crippen LogP contribution < -0.4 is 5.73 Å². The van der Waals surface area contributed by atoms with Gasteiger partial charge in [-0.3, -0.25) is 0 Å². The van der Waals surface area contributed by atoms with Crippen LogP contribution in [0.4, 0.5) is 0 Å². The molecule has 11 heavy (non-hydrogen) atoms. The fourth-order valence-electron chi connectivity index (χ4n) is 2.25. The van der Waals surface area contributed by atoms with E-state index in [1.807, 2.05) is 0 Å². The second-order valence-corrected chi connectivity index (χ2v) is 5.54. The highest BCUT2D eigenvalue weighted by molar-refractivity contribution is 8.00. The summed E-state index contributed by atoms with van der Waals surface area (Å²) in [5, 5.41) is 0. The maximum Gasteiger partial charge on any atom is 0.0163 e.